The average molecular weight is 300 g/mol. The molecular formula is C14H24N2O5. The molecule has 2 aliphatic heterocycles. The number of β-amino-alcohol motifs (C(OH)–C–C–N with tert-alkyl or cyclic N) is 1. The monoisotopic (exact) mass is 300 g/mol. The van der Waals surface area contributed by atoms with Crippen LogP contribution in [0.5, 0.6) is 0 Å². The van der Waals surface area contributed by atoms with Gasteiger partial charge in [-0.3, -0.25) is 9.69 Å². The maximum Gasteiger partial charge on any atom is 0.411 e. The Morgan fingerprint density at radius 1 is 1.24 bits per heavy atom. The number of aliphatic hydroxyl groups excluding tert-OH is 1. The minimum atomic E-state index is -0.687. The number of carbonyl (C=O) groups excluding carboxylic acids is 2. The topological polar surface area (TPSA) is 79.3 Å². The van der Waals surface area contributed by atoms with Crippen molar-refractivity contribution >= 4 is 12.0 Å². The SMILES string of the molecule is CC(C)(C)OC(=O)N1C[C@H](O)CC1C(=O)N1CCOCC1. The number of morpholine rings is 1. The largest absolute Gasteiger partial charge is 0.444 e. The Bertz CT molecular complexity index is 401. The second-order valence-electron chi connectivity index (χ2n) is 6.48. The molecule has 0 saturated carbocycles. The smallest absolute Gasteiger partial charge is 0.411 e. The van der Waals surface area contributed by atoms with Crippen molar-refractivity contribution in [3.8, 4) is 0 Å². The van der Waals surface area contributed by atoms with Crippen LogP contribution < -0.4 is 0 Å². The third kappa shape index (κ3) is 4.07. The summed E-state index contributed by atoms with van der Waals surface area (Å²) >= 11 is 0. The molecule has 7 heteroatoms. The van der Waals surface area contributed by atoms with E-state index in [1.807, 2.05) is 0 Å². The van der Waals surface area contributed by atoms with Crippen LogP contribution in [0.1, 0.15) is 27.2 Å². The highest BCUT2D eigenvalue weighted by Gasteiger charge is 2.42. The summed E-state index contributed by atoms with van der Waals surface area (Å²) in [4.78, 5) is 27.8. The van der Waals surface area contributed by atoms with Gasteiger partial charge in [-0.25, -0.2) is 4.79 Å². The van der Waals surface area contributed by atoms with Crippen LogP contribution in [0.2, 0.25) is 0 Å². The molecule has 0 aromatic rings. The molecule has 1 unspecified atom stereocenters. The molecule has 2 atom stereocenters. The van der Waals surface area contributed by atoms with E-state index in [4.69, 9.17) is 9.47 Å². The van der Waals surface area contributed by atoms with Crippen LogP contribution >= 0.6 is 0 Å². The Labute approximate surface area is 124 Å². The summed E-state index contributed by atoms with van der Waals surface area (Å²) in [6.45, 7) is 7.51. The molecule has 2 rings (SSSR count). The lowest BCUT2D eigenvalue weighted by Gasteiger charge is -2.33. The van der Waals surface area contributed by atoms with Gasteiger partial charge in [0, 0.05) is 19.5 Å². The zero-order valence-corrected chi connectivity index (χ0v) is 12.9. The molecule has 7 nitrogen and oxygen atoms in total. The lowest BCUT2D eigenvalue weighted by Crippen LogP contribution is -2.51. The van der Waals surface area contributed by atoms with Crippen molar-refractivity contribution in [2.24, 2.45) is 0 Å². The van der Waals surface area contributed by atoms with Gasteiger partial charge in [-0.2, -0.15) is 0 Å². The summed E-state index contributed by atoms with van der Waals surface area (Å²) < 4.78 is 10.5. The van der Waals surface area contributed by atoms with Crippen molar-refractivity contribution in [1.82, 2.24) is 9.80 Å². The number of likely N-dealkylation sites (tertiary alicyclic amines) is 1. The van der Waals surface area contributed by atoms with Gasteiger partial charge in [-0.05, 0) is 20.8 Å². The highest BCUT2D eigenvalue weighted by Crippen LogP contribution is 2.23. The second kappa shape index (κ2) is 6.19. The Morgan fingerprint density at radius 2 is 1.86 bits per heavy atom. The van der Waals surface area contributed by atoms with Crippen molar-refractivity contribution < 1.29 is 24.2 Å². The molecule has 0 aromatic heterocycles. The standard InChI is InChI=1S/C14H24N2O5/c1-14(2,3)21-13(19)16-9-10(17)8-11(16)12(18)15-4-6-20-7-5-15/h10-11,17H,4-9H2,1-3H3/t10-,11?/m1/s1. The third-order valence-electron chi connectivity index (χ3n) is 3.51. The van der Waals surface area contributed by atoms with Gasteiger partial charge >= 0.3 is 6.09 Å². The second-order valence-corrected chi connectivity index (χ2v) is 6.48. The van der Waals surface area contributed by atoms with Gasteiger partial charge in [0.1, 0.15) is 11.6 Å². The maximum atomic E-state index is 12.5. The van der Waals surface area contributed by atoms with Crippen molar-refractivity contribution in [3.05, 3.63) is 0 Å². The summed E-state index contributed by atoms with van der Waals surface area (Å²) in [5, 5.41) is 9.82. The number of rotatable bonds is 1. The Hall–Kier alpha value is -1.34. The van der Waals surface area contributed by atoms with Gasteiger partial charge in [-0.15, -0.1) is 0 Å². The average Bonchev–Trinajstić information content (AvgIpc) is 2.79. The lowest BCUT2D eigenvalue weighted by atomic mass is 10.1. The Kier molecular flexibility index (Phi) is 4.73. The number of hydrogen-bond donors (Lipinski definition) is 1. The van der Waals surface area contributed by atoms with E-state index in [0.717, 1.165) is 0 Å². The quantitative estimate of drug-likeness (QED) is 0.749. The zero-order valence-electron chi connectivity index (χ0n) is 12.9. The van der Waals surface area contributed by atoms with E-state index in [1.54, 1.807) is 25.7 Å². The molecule has 1 N–H and O–H groups in total. The van der Waals surface area contributed by atoms with E-state index in [0.29, 0.717) is 26.3 Å². The molecule has 2 fully saturated rings. The fourth-order valence-electron chi connectivity index (χ4n) is 2.56. The minimum absolute atomic E-state index is 0.135. The van der Waals surface area contributed by atoms with Gasteiger partial charge < -0.3 is 19.5 Å². The molecule has 0 spiro atoms. The molecule has 0 bridgehead atoms. The van der Waals surface area contributed by atoms with Crippen molar-refractivity contribution in [2.45, 2.75) is 44.9 Å². The van der Waals surface area contributed by atoms with E-state index in [1.165, 1.54) is 4.90 Å². The number of aliphatic hydroxyl groups is 1. The number of carbonyl (C=O) groups is 2. The first-order valence-electron chi connectivity index (χ1n) is 7.32. The van der Waals surface area contributed by atoms with Crippen molar-refractivity contribution in [2.75, 3.05) is 32.8 Å². The van der Waals surface area contributed by atoms with Crippen LogP contribution in [0.3, 0.4) is 0 Å². The van der Waals surface area contributed by atoms with Gasteiger partial charge in [0.05, 0.1) is 25.9 Å². The van der Waals surface area contributed by atoms with E-state index in [2.05, 4.69) is 0 Å². The molecule has 120 valence electrons. The number of nitrogens with zero attached hydrogens (tertiary/aromatic N) is 2. The summed E-state index contributed by atoms with van der Waals surface area (Å²) in [5.41, 5.74) is -0.628. The van der Waals surface area contributed by atoms with Gasteiger partial charge in [0.15, 0.2) is 0 Å². The van der Waals surface area contributed by atoms with Crippen LogP contribution in [0.25, 0.3) is 0 Å². The number of hydrogen-bond acceptors (Lipinski definition) is 5. The highest BCUT2D eigenvalue weighted by atomic mass is 16.6. The van der Waals surface area contributed by atoms with Crippen molar-refractivity contribution in [1.29, 1.82) is 0 Å². The van der Waals surface area contributed by atoms with Crippen LogP contribution in [0.15, 0.2) is 0 Å². The first-order chi connectivity index (χ1) is 9.78. The molecule has 2 aliphatic rings. The van der Waals surface area contributed by atoms with Crippen LogP contribution in [0.4, 0.5) is 4.79 Å². The molecule has 2 saturated heterocycles. The third-order valence-corrected chi connectivity index (χ3v) is 3.51. The maximum absolute atomic E-state index is 12.5. The molecule has 0 aromatic carbocycles. The van der Waals surface area contributed by atoms with E-state index in [-0.39, 0.29) is 18.9 Å². The Morgan fingerprint density at radius 3 is 2.43 bits per heavy atom. The molecule has 21 heavy (non-hydrogen) atoms. The van der Waals surface area contributed by atoms with Crippen LogP contribution in [-0.4, -0.2) is 77.5 Å². The normalized spacial score (nSPS) is 26.9. The fourth-order valence-corrected chi connectivity index (χ4v) is 2.56. The lowest BCUT2D eigenvalue weighted by molar-refractivity contribution is -0.140. The number of ether oxygens (including phenoxy) is 2. The molecule has 0 aliphatic carbocycles. The highest BCUT2D eigenvalue weighted by molar-refractivity contribution is 5.86. The molecule has 2 amide bonds. The fraction of sp³-hybridized carbons (Fsp3) is 0.857. The van der Waals surface area contributed by atoms with E-state index >= 15 is 0 Å². The van der Waals surface area contributed by atoms with Gasteiger partial charge in [-0.1, -0.05) is 0 Å². The van der Waals surface area contributed by atoms with Gasteiger partial charge in [0.2, 0.25) is 5.91 Å². The summed E-state index contributed by atoms with van der Waals surface area (Å²) in [6, 6.07) is -0.645. The van der Waals surface area contributed by atoms with Gasteiger partial charge in [0.25, 0.3) is 0 Å². The van der Waals surface area contributed by atoms with Crippen molar-refractivity contribution in [3.63, 3.8) is 0 Å². The number of amides is 2. The Balaban J connectivity index is 2.05. The predicted molar refractivity (Wildman–Crippen MR) is 74.8 cm³/mol. The first kappa shape index (κ1) is 16.0. The predicted octanol–water partition coefficient (Wildman–Crippen LogP) is 0.215. The molecule has 0 radical (unpaired) electrons. The molecule has 2 heterocycles. The minimum Gasteiger partial charge on any atom is -0.444 e. The zero-order chi connectivity index (χ0) is 15.6. The summed E-state index contributed by atoms with van der Waals surface area (Å²) in [7, 11) is 0. The van der Waals surface area contributed by atoms with Crippen LogP contribution in [0, 0.1) is 0 Å². The van der Waals surface area contributed by atoms with E-state index < -0.39 is 23.8 Å². The van der Waals surface area contributed by atoms with E-state index in [9.17, 15) is 14.7 Å². The summed E-state index contributed by atoms with van der Waals surface area (Å²) in [6.07, 6.45) is -0.978. The summed E-state index contributed by atoms with van der Waals surface area (Å²) in [5.74, 6) is -0.138. The first-order valence-corrected chi connectivity index (χ1v) is 7.32. The van der Waals surface area contributed by atoms with Crippen LogP contribution in [-0.2, 0) is 14.3 Å². The molecular weight excluding hydrogens is 276 g/mol.